The molecule has 0 aliphatic heterocycles. The molecule has 40 heavy (non-hydrogen) atoms. The van der Waals surface area contributed by atoms with Gasteiger partial charge in [0.05, 0.1) is 12.8 Å². The Morgan fingerprint density at radius 1 is 0.800 bits per heavy atom. The quantitative estimate of drug-likeness (QED) is 0.101. The van der Waals surface area contributed by atoms with Crippen LogP contribution in [0.25, 0.3) is 11.1 Å². The minimum Gasteiger partial charge on any atom is -0.492 e. The minimum absolute atomic E-state index is 0.127. The van der Waals surface area contributed by atoms with Gasteiger partial charge in [0, 0.05) is 6.54 Å². The van der Waals surface area contributed by atoms with Crippen LogP contribution in [0.1, 0.15) is 42.9 Å². The van der Waals surface area contributed by atoms with Crippen LogP contribution in [0.5, 0.6) is 11.5 Å². The lowest BCUT2D eigenvalue weighted by Gasteiger charge is -2.20. The van der Waals surface area contributed by atoms with E-state index in [0.717, 1.165) is 46.6 Å². The first-order valence-corrected chi connectivity index (χ1v) is 12.8. The van der Waals surface area contributed by atoms with Crippen molar-refractivity contribution in [2.75, 3.05) is 20.2 Å². The van der Waals surface area contributed by atoms with Crippen molar-refractivity contribution in [3.05, 3.63) is 95.6 Å². The number of carboxylic acids is 2. The Balaban J connectivity index is 1.92. The Labute approximate surface area is 232 Å². The number of aliphatic hydroxyl groups is 1. The summed E-state index contributed by atoms with van der Waals surface area (Å²) in [6, 6.07) is 24.5. The Kier molecular flexibility index (Phi) is 10.6. The molecule has 3 aromatic carbocycles. The van der Waals surface area contributed by atoms with E-state index in [4.69, 9.17) is 14.6 Å². The third-order valence-electron chi connectivity index (χ3n) is 6.19. The number of ether oxygens (including phenoxy) is 2. The number of carbonyl (C=O) groups is 3. The van der Waals surface area contributed by atoms with E-state index in [1.54, 1.807) is 24.3 Å². The standard InChI is InChI=1S/C31H33NO8/c1-3-26(21-7-5-4-6-8-21)29(22-9-13-24(14-10-22)39-18-17-32-2)23-11-15-25(16-12-23)40-28(35)20-31(38,30(36)37)19-27(33)34/h4-16,32,38H,3,17-20H2,1-2H3,(H,33,34)(H,36,37)/b29-26-. The average molecular weight is 548 g/mol. The summed E-state index contributed by atoms with van der Waals surface area (Å²) in [5.74, 6) is -3.56. The smallest absolute Gasteiger partial charge is 0.336 e. The molecule has 4 N–H and O–H groups in total. The van der Waals surface area contributed by atoms with Gasteiger partial charge in [0.1, 0.15) is 18.1 Å². The lowest BCUT2D eigenvalue weighted by Crippen LogP contribution is -2.43. The van der Waals surface area contributed by atoms with E-state index < -0.39 is 36.4 Å². The van der Waals surface area contributed by atoms with Crippen LogP contribution in [0.2, 0.25) is 0 Å². The van der Waals surface area contributed by atoms with Crippen molar-refractivity contribution in [2.24, 2.45) is 0 Å². The van der Waals surface area contributed by atoms with Crippen LogP contribution in [-0.2, 0) is 14.4 Å². The van der Waals surface area contributed by atoms with Crippen molar-refractivity contribution in [1.82, 2.24) is 5.32 Å². The number of hydrogen-bond acceptors (Lipinski definition) is 7. The van der Waals surface area contributed by atoms with Gasteiger partial charge in [0.15, 0.2) is 5.60 Å². The zero-order valence-corrected chi connectivity index (χ0v) is 22.4. The number of nitrogens with one attached hydrogen (secondary N) is 1. The zero-order chi connectivity index (χ0) is 29.1. The molecule has 1 atom stereocenters. The molecule has 0 bridgehead atoms. The van der Waals surface area contributed by atoms with Crippen molar-refractivity contribution < 1.29 is 39.2 Å². The van der Waals surface area contributed by atoms with Crippen LogP contribution in [0.3, 0.4) is 0 Å². The third kappa shape index (κ3) is 8.02. The van der Waals surface area contributed by atoms with Gasteiger partial charge in [-0.1, -0.05) is 61.5 Å². The minimum atomic E-state index is -2.77. The van der Waals surface area contributed by atoms with Gasteiger partial charge in [0.25, 0.3) is 0 Å². The summed E-state index contributed by atoms with van der Waals surface area (Å²) >= 11 is 0. The lowest BCUT2D eigenvalue weighted by molar-refractivity contribution is -0.169. The zero-order valence-electron chi connectivity index (χ0n) is 22.4. The number of likely N-dealkylation sites (N-methyl/N-ethyl adjacent to an activating group) is 1. The van der Waals surface area contributed by atoms with Gasteiger partial charge in [-0.3, -0.25) is 9.59 Å². The van der Waals surface area contributed by atoms with E-state index >= 15 is 0 Å². The highest BCUT2D eigenvalue weighted by Crippen LogP contribution is 2.35. The number of hydrogen-bond donors (Lipinski definition) is 4. The first kappa shape index (κ1) is 30.1. The summed E-state index contributed by atoms with van der Waals surface area (Å²) in [5, 5.41) is 31.3. The number of allylic oxidation sites excluding steroid dienone is 1. The Bertz CT molecular complexity index is 1330. The second-order valence-electron chi connectivity index (χ2n) is 9.13. The molecule has 0 aliphatic carbocycles. The molecule has 0 heterocycles. The Morgan fingerprint density at radius 3 is 1.88 bits per heavy atom. The number of carboxylic acid groups (broad SMARTS) is 2. The first-order chi connectivity index (χ1) is 19.2. The summed E-state index contributed by atoms with van der Waals surface area (Å²) in [7, 11) is 1.86. The van der Waals surface area contributed by atoms with E-state index in [1.165, 1.54) is 0 Å². The van der Waals surface area contributed by atoms with Crippen LogP contribution in [0.4, 0.5) is 0 Å². The Morgan fingerprint density at radius 2 is 1.38 bits per heavy atom. The van der Waals surface area contributed by atoms with Crippen LogP contribution in [0.15, 0.2) is 78.9 Å². The third-order valence-corrected chi connectivity index (χ3v) is 6.19. The summed E-state index contributed by atoms with van der Waals surface area (Å²) in [4.78, 5) is 34.7. The molecule has 0 fully saturated rings. The highest BCUT2D eigenvalue weighted by atomic mass is 16.5. The molecule has 210 valence electrons. The fourth-order valence-corrected chi connectivity index (χ4v) is 4.23. The van der Waals surface area contributed by atoms with Gasteiger partial charge in [0.2, 0.25) is 0 Å². The number of benzene rings is 3. The molecule has 0 saturated heterocycles. The Hall–Kier alpha value is -4.47. The van der Waals surface area contributed by atoms with Gasteiger partial charge in [-0.25, -0.2) is 4.79 Å². The monoisotopic (exact) mass is 547 g/mol. The fourth-order valence-electron chi connectivity index (χ4n) is 4.23. The normalized spacial score (nSPS) is 13.1. The summed E-state index contributed by atoms with van der Waals surface area (Å²) in [6.07, 6.45) is -1.41. The molecule has 0 aromatic heterocycles. The van der Waals surface area contributed by atoms with E-state index in [2.05, 4.69) is 12.2 Å². The molecule has 1 unspecified atom stereocenters. The predicted molar refractivity (Wildman–Crippen MR) is 150 cm³/mol. The van der Waals surface area contributed by atoms with Crippen LogP contribution < -0.4 is 14.8 Å². The maximum Gasteiger partial charge on any atom is 0.336 e. The molecule has 9 nitrogen and oxygen atoms in total. The van der Waals surface area contributed by atoms with Crippen molar-refractivity contribution in [3.8, 4) is 11.5 Å². The second-order valence-corrected chi connectivity index (χ2v) is 9.13. The van der Waals surface area contributed by atoms with E-state index in [-0.39, 0.29) is 5.75 Å². The average Bonchev–Trinajstić information content (AvgIpc) is 2.93. The van der Waals surface area contributed by atoms with Crippen molar-refractivity contribution in [2.45, 2.75) is 31.8 Å². The van der Waals surface area contributed by atoms with E-state index in [0.29, 0.717) is 6.61 Å². The number of aliphatic carboxylic acids is 2. The maximum atomic E-state index is 12.4. The number of rotatable bonds is 14. The number of carbonyl (C=O) groups excluding carboxylic acids is 1. The molecular formula is C31H33NO8. The van der Waals surface area contributed by atoms with Gasteiger partial charge >= 0.3 is 17.9 Å². The molecule has 9 heteroatoms. The van der Waals surface area contributed by atoms with Crippen molar-refractivity contribution >= 4 is 29.1 Å². The predicted octanol–water partition coefficient (Wildman–Crippen LogP) is 4.24. The molecule has 0 radical (unpaired) electrons. The lowest BCUT2D eigenvalue weighted by atomic mass is 9.88. The molecule has 0 spiro atoms. The molecular weight excluding hydrogens is 514 g/mol. The first-order valence-electron chi connectivity index (χ1n) is 12.8. The maximum absolute atomic E-state index is 12.4. The highest BCUT2D eigenvalue weighted by Gasteiger charge is 2.41. The van der Waals surface area contributed by atoms with E-state index in [1.807, 2.05) is 61.6 Å². The van der Waals surface area contributed by atoms with Gasteiger partial charge in [-0.05, 0) is 65.6 Å². The molecule has 3 rings (SSSR count). The van der Waals surface area contributed by atoms with Crippen molar-refractivity contribution in [3.63, 3.8) is 0 Å². The van der Waals surface area contributed by atoms with Crippen LogP contribution in [-0.4, -0.2) is 59.0 Å². The molecule has 0 amide bonds. The highest BCUT2D eigenvalue weighted by molar-refractivity contribution is 5.98. The number of esters is 1. The fraction of sp³-hybridized carbons (Fsp3) is 0.258. The largest absolute Gasteiger partial charge is 0.492 e. The van der Waals surface area contributed by atoms with Crippen molar-refractivity contribution in [1.29, 1.82) is 0 Å². The summed E-state index contributed by atoms with van der Waals surface area (Å²) in [6.45, 7) is 3.35. The van der Waals surface area contributed by atoms with Crippen LogP contribution in [0, 0.1) is 0 Å². The van der Waals surface area contributed by atoms with Gasteiger partial charge in [-0.2, -0.15) is 0 Å². The molecule has 0 saturated carbocycles. The van der Waals surface area contributed by atoms with E-state index in [9.17, 15) is 24.6 Å². The van der Waals surface area contributed by atoms with Gasteiger partial charge in [-0.15, -0.1) is 0 Å². The topological polar surface area (TPSA) is 142 Å². The SMILES string of the molecule is CC/C(=C(\c1ccc(OCCNC)cc1)c1ccc(OC(=O)CC(O)(CC(=O)O)C(=O)O)cc1)c1ccccc1. The van der Waals surface area contributed by atoms with Gasteiger partial charge < -0.3 is 30.1 Å². The second kappa shape index (κ2) is 14.1. The van der Waals surface area contributed by atoms with Crippen LogP contribution >= 0.6 is 0 Å². The molecule has 3 aromatic rings. The summed E-state index contributed by atoms with van der Waals surface area (Å²) < 4.78 is 11.0. The summed E-state index contributed by atoms with van der Waals surface area (Å²) in [5.41, 5.74) is 2.21. The molecule has 0 aliphatic rings.